The SMILES string of the molecule is CN1CCC(C(=O)N2CCC(c3nnnn3C)CC2)c2ccccc21. The van der Waals surface area contributed by atoms with Gasteiger partial charge in [-0.2, -0.15) is 0 Å². The number of para-hydroxylation sites is 1. The monoisotopic (exact) mass is 340 g/mol. The number of hydrogen-bond donors (Lipinski definition) is 0. The molecule has 1 aromatic heterocycles. The number of carbonyl (C=O) groups is 1. The van der Waals surface area contributed by atoms with Gasteiger partial charge in [0.2, 0.25) is 5.91 Å². The number of amides is 1. The number of hydrogen-bond acceptors (Lipinski definition) is 5. The van der Waals surface area contributed by atoms with Gasteiger partial charge in [0.05, 0.1) is 5.92 Å². The zero-order valence-electron chi connectivity index (χ0n) is 14.8. The van der Waals surface area contributed by atoms with Crippen LogP contribution in [0.1, 0.15) is 42.5 Å². The number of aromatic nitrogens is 4. The lowest BCUT2D eigenvalue weighted by Crippen LogP contribution is -2.43. The molecule has 2 aliphatic heterocycles. The summed E-state index contributed by atoms with van der Waals surface area (Å²) in [5.41, 5.74) is 2.35. The van der Waals surface area contributed by atoms with Crippen LogP contribution in [0.15, 0.2) is 24.3 Å². The summed E-state index contributed by atoms with van der Waals surface area (Å²) in [6.07, 6.45) is 2.74. The van der Waals surface area contributed by atoms with E-state index in [1.54, 1.807) is 4.68 Å². The number of fused-ring (bicyclic) bond motifs is 1. The summed E-state index contributed by atoms with van der Waals surface area (Å²) in [5.74, 6) is 1.53. The normalized spacial score (nSPS) is 21.3. The molecular formula is C18H24N6O. The molecular weight excluding hydrogens is 316 g/mol. The second kappa shape index (κ2) is 6.46. The Morgan fingerprint density at radius 2 is 1.84 bits per heavy atom. The van der Waals surface area contributed by atoms with E-state index in [0.717, 1.165) is 44.7 Å². The molecule has 1 aromatic carbocycles. The van der Waals surface area contributed by atoms with Crippen LogP contribution in [0.4, 0.5) is 5.69 Å². The van der Waals surface area contributed by atoms with Crippen molar-refractivity contribution in [2.75, 3.05) is 31.6 Å². The predicted molar refractivity (Wildman–Crippen MR) is 94.4 cm³/mol. The quantitative estimate of drug-likeness (QED) is 0.830. The third-order valence-corrected chi connectivity index (χ3v) is 5.60. The van der Waals surface area contributed by atoms with Crippen molar-refractivity contribution in [1.82, 2.24) is 25.1 Å². The minimum Gasteiger partial charge on any atom is -0.374 e. The van der Waals surface area contributed by atoms with E-state index in [-0.39, 0.29) is 11.8 Å². The van der Waals surface area contributed by atoms with Gasteiger partial charge in [0.1, 0.15) is 0 Å². The molecule has 0 saturated carbocycles. The molecule has 1 atom stereocenters. The topological polar surface area (TPSA) is 67.2 Å². The van der Waals surface area contributed by atoms with E-state index in [4.69, 9.17) is 0 Å². The number of nitrogens with zero attached hydrogens (tertiary/aromatic N) is 6. The zero-order chi connectivity index (χ0) is 17.4. The number of benzene rings is 1. The first-order chi connectivity index (χ1) is 12.1. The third kappa shape index (κ3) is 2.88. The number of tetrazole rings is 1. The average molecular weight is 340 g/mol. The van der Waals surface area contributed by atoms with Crippen molar-refractivity contribution in [3.05, 3.63) is 35.7 Å². The molecule has 0 radical (unpaired) electrons. The van der Waals surface area contributed by atoms with Gasteiger partial charge < -0.3 is 9.80 Å². The minimum atomic E-state index is -0.0135. The van der Waals surface area contributed by atoms with Crippen LogP contribution in [0.25, 0.3) is 0 Å². The fourth-order valence-electron chi connectivity index (χ4n) is 4.15. The van der Waals surface area contributed by atoms with E-state index in [1.807, 2.05) is 24.1 Å². The van der Waals surface area contributed by atoms with Crippen LogP contribution in [0.3, 0.4) is 0 Å². The van der Waals surface area contributed by atoms with Crippen molar-refractivity contribution in [1.29, 1.82) is 0 Å². The van der Waals surface area contributed by atoms with Gasteiger partial charge in [-0.3, -0.25) is 4.79 Å². The lowest BCUT2D eigenvalue weighted by atomic mass is 9.87. The predicted octanol–water partition coefficient (Wildman–Crippen LogP) is 1.54. The molecule has 1 saturated heterocycles. The molecule has 25 heavy (non-hydrogen) atoms. The Morgan fingerprint density at radius 1 is 1.08 bits per heavy atom. The second-order valence-corrected chi connectivity index (χ2v) is 7.08. The van der Waals surface area contributed by atoms with Crippen LogP contribution in [0.2, 0.25) is 0 Å². The van der Waals surface area contributed by atoms with Crippen LogP contribution in [-0.4, -0.2) is 57.7 Å². The molecule has 132 valence electrons. The fraction of sp³-hybridized carbons (Fsp3) is 0.556. The highest BCUT2D eigenvalue weighted by molar-refractivity contribution is 5.86. The van der Waals surface area contributed by atoms with E-state index in [1.165, 1.54) is 11.3 Å². The average Bonchev–Trinajstić information content (AvgIpc) is 3.08. The highest BCUT2D eigenvalue weighted by Gasteiger charge is 2.34. The largest absolute Gasteiger partial charge is 0.374 e. The molecule has 7 heteroatoms. The first-order valence-corrected chi connectivity index (χ1v) is 8.96. The summed E-state index contributed by atoms with van der Waals surface area (Å²) >= 11 is 0. The number of aryl methyl sites for hydroxylation is 1. The minimum absolute atomic E-state index is 0.0135. The molecule has 0 aliphatic carbocycles. The van der Waals surface area contributed by atoms with Crippen LogP contribution in [0.5, 0.6) is 0 Å². The number of likely N-dealkylation sites (tertiary alicyclic amines) is 1. The van der Waals surface area contributed by atoms with Crippen molar-refractivity contribution in [3.8, 4) is 0 Å². The number of rotatable bonds is 2. The molecule has 3 heterocycles. The lowest BCUT2D eigenvalue weighted by Gasteiger charge is -2.37. The van der Waals surface area contributed by atoms with Gasteiger partial charge in [-0.25, -0.2) is 4.68 Å². The summed E-state index contributed by atoms with van der Waals surface area (Å²) in [5, 5.41) is 11.8. The number of carbonyl (C=O) groups excluding carboxylic acids is 1. The molecule has 2 aliphatic rings. The van der Waals surface area contributed by atoms with Crippen molar-refractivity contribution in [2.24, 2.45) is 7.05 Å². The second-order valence-electron chi connectivity index (χ2n) is 7.08. The van der Waals surface area contributed by atoms with Gasteiger partial charge in [-0.05, 0) is 41.3 Å². The molecule has 7 nitrogen and oxygen atoms in total. The molecule has 1 unspecified atom stereocenters. The van der Waals surface area contributed by atoms with Crippen molar-refractivity contribution in [3.63, 3.8) is 0 Å². The smallest absolute Gasteiger partial charge is 0.230 e. The van der Waals surface area contributed by atoms with Crippen LogP contribution < -0.4 is 4.90 Å². The molecule has 0 bridgehead atoms. The first-order valence-electron chi connectivity index (χ1n) is 8.96. The Bertz CT molecular complexity index is 764. The van der Waals surface area contributed by atoms with Gasteiger partial charge in [-0.1, -0.05) is 18.2 Å². The Hall–Kier alpha value is -2.44. The Balaban J connectivity index is 1.46. The zero-order valence-corrected chi connectivity index (χ0v) is 14.8. The third-order valence-electron chi connectivity index (χ3n) is 5.60. The summed E-state index contributed by atoms with van der Waals surface area (Å²) in [6.45, 7) is 2.49. The molecule has 0 N–H and O–H groups in total. The Morgan fingerprint density at radius 3 is 2.56 bits per heavy atom. The van der Waals surface area contributed by atoms with Crippen LogP contribution >= 0.6 is 0 Å². The maximum absolute atomic E-state index is 13.1. The highest BCUT2D eigenvalue weighted by atomic mass is 16.2. The molecule has 2 aromatic rings. The van der Waals surface area contributed by atoms with Gasteiger partial charge >= 0.3 is 0 Å². The lowest BCUT2D eigenvalue weighted by molar-refractivity contribution is -0.134. The summed E-state index contributed by atoms with van der Waals surface area (Å²) in [4.78, 5) is 17.4. The van der Waals surface area contributed by atoms with Crippen molar-refractivity contribution in [2.45, 2.75) is 31.1 Å². The van der Waals surface area contributed by atoms with E-state index in [2.05, 4.69) is 39.6 Å². The summed E-state index contributed by atoms with van der Waals surface area (Å²) in [7, 11) is 3.97. The van der Waals surface area contributed by atoms with Gasteiger partial charge in [-0.15, -0.1) is 5.10 Å². The van der Waals surface area contributed by atoms with Crippen molar-refractivity contribution < 1.29 is 4.79 Å². The van der Waals surface area contributed by atoms with Gasteiger partial charge in [0.15, 0.2) is 5.82 Å². The van der Waals surface area contributed by atoms with E-state index < -0.39 is 0 Å². The summed E-state index contributed by atoms with van der Waals surface area (Å²) < 4.78 is 1.75. The van der Waals surface area contributed by atoms with Crippen LogP contribution in [0, 0.1) is 0 Å². The number of anilines is 1. The van der Waals surface area contributed by atoms with Gasteiger partial charge in [0, 0.05) is 45.3 Å². The summed E-state index contributed by atoms with van der Waals surface area (Å²) in [6, 6.07) is 8.29. The van der Waals surface area contributed by atoms with E-state index >= 15 is 0 Å². The number of piperidine rings is 1. The molecule has 4 rings (SSSR count). The Labute approximate surface area is 147 Å². The highest BCUT2D eigenvalue weighted by Crippen LogP contribution is 2.36. The standard InChI is InChI=1S/C18H24N6O/c1-22-10-9-15(14-5-3-4-6-16(14)22)18(25)24-11-7-13(8-12-24)17-19-20-21-23(17)2/h3-6,13,15H,7-12H2,1-2H3. The molecule has 1 fully saturated rings. The van der Waals surface area contributed by atoms with Gasteiger partial charge in [0.25, 0.3) is 0 Å². The fourth-order valence-corrected chi connectivity index (χ4v) is 4.15. The van der Waals surface area contributed by atoms with Crippen molar-refractivity contribution >= 4 is 11.6 Å². The molecule has 1 amide bonds. The maximum atomic E-state index is 13.1. The van der Waals surface area contributed by atoms with Crippen LogP contribution in [-0.2, 0) is 11.8 Å². The molecule has 0 spiro atoms. The Kier molecular flexibility index (Phi) is 4.15. The first kappa shape index (κ1) is 16.1. The maximum Gasteiger partial charge on any atom is 0.230 e. The van der Waals surface area contributed by atoms with E-state index in [0.29, 0.717) is 5.92 Å². The van der Waals surface area contributed by atoms with E-state index in [9.17, 15) is 4.79 Å².